The summed E-state index contributed by atoms with van der Waals surface area (Å²) in [5.74, 6) is -0.478. The lowest BCUT2D eigenvalue weighted by Gasteiger charge is -2.27. The zero-order valence-electron chi connectivity index (χ0n) is 15.4. The smallest absolute Gasteiger partial charge is 0.270 e. The Balaban J connectivity index is 1.89. The number of rotatable bonds is 4. The fourth-order valence-corrected chi connectivity index (χ4v) is 3.26. The lowest BCUT2D eigenvalue weighted by Crippen LogP contribution is -2.41. The Hall–Kier alpha value is -2.59. The lowest BCUT2D eigenvalue weighted by molar-refractivity contribution is -0.128. The van der Waals surface area contributed by atoms with Crippen LogP contribution < -0.4 is 5.32 Å². The highest BCUT2D eigenvalue weighted by molar-refractivity contribution is 6.32. The van der Waals surface area contributed by atoms with Crippen molar-refractivity contribution >= 4 is 29.5 Å². The SMILES string of the molecule is Cc1ccc(C(=O)N/C(=C\c2ccccc2Cl)C(=O)N2CCCCC2)cc1. The van der Waals surface area contributed by atoms with E-state index in [1.807, 2.05) is 37.3 Å². The van der Waals surface area contributed by atoms with Crippen molar-refractivity contribution in [2.24, 2.45) is 0 Å². The van der Waals surface area contributed by atoms with Crippen molar-refractivity contribution < 1.29 is 9.59 Å². The molecule has 2 amide bonds. The van der Waals surface area contributed by atoms with Crippen molar-refractivity contribution in [2.45, 2.75) is 26.2 Å². The third-order valence-corrected chi connectivity index (χ3v) is 4.98. The second-order valence-electron chi connectivity index (χ2n) is 6.75. The standard InChI is InChI=1S/C22H23ClN2O2/c1-16-9-11-17(12-10-16)21(26)24-20(15-18-7-3-4-8-19(18)23)22(27)25-13-5-2-6-14-25/h3-4,7-12,15H,2,5-6,13-14H2,1H3,(H,24,26)/b20-15-. The number of nitrogens with zero attached hydrogens (tertiary/aromatic N) is 1. The molecule has 140 valence electrons. The van der Waals surface area contributed by atoms with Crippen LogP contribution in [-0.2, 0) is 4.79 Å². The van der Waals surface area contributed by atoms with Gasteiger partial charge in [0.1, 0.15) is 5.70 Å². The third-order valence-electron chi connectivity index (χ3n) is 4.64. The van der Waals surface area contributed by atoms with Gasteiger partial charge in [-0.15, -0.1) is 0 Å². The molecule has 2 aromatic rings. The van der Waals surface area contributed by atoms with Gasteiger partial charge in [-0.05, 0) is 56.0 Å². The highest BCUT2D eigenvalue weighted by Gasteiger charge is 2.22. The minimum Gasteiger partial charge on any atom is -0.337 e. The Morgan fingerprint density at radius 1 is 1.00 bits per heavy atom. The Kier molecular flexibility index (Phi) is 6.30. The predicted octanol–water partition coefficient (Wildman–Crippen LogP) is 4.43. The fourth-order valence-electron chi connectivity index (χ4n) is 3.07. The molecule has 0 spiro atoms. The molecule has 4 nitrogen and oxygen atoms in total. The molecule has 1 fully saturated rings. The maximum absolute atomic E-state index is 13.0. The van der Waals surface area contributed by atoms with Crippen molar-refractivity contribution in [2.75, 3.05) is 13.1 Å². The van der Waals surface area contributed by atoms with Crippen LogP contribution in [0.15, 0.2) is 54.2 Å². The van der Waals surface area contributed by atoms with Crippen LogP contribution in [0.2, 0.25) is 5.02 Å². The largest absolute Gasteiger partial charge is 0.337 e. The molecule has 0 aromatic heterocycles. The molecular formula is C22H23ClN2O2. The van der Waals surface area contributed by atoms with Crippen LogP contribution in [0.25, 0.3) is 6.08 Å². The van der Waals surface area contributed by atoms with Gasteiger partial charge in [0.25, 0.3) is 11.8 Å². The van der Waals surface area contributed by atoms with Gasteiger partial charge in [-0.3, -0.25) is 9.59 Å². The fraction of sp³-hybridized carbons (Fsp3) is 0.273. The van der Waals surface area contributed by atoms with E-state index in [9.17, 15) is 9.59 Å². The van der Waals surface area contributed by atoms with Gasteiger partial charge in [-0.25, -0.2) is 0 Å². The number of hydrogen-bond acceptors (Lipinski definition) is 2. The van der Waals surface area contributed by atoms with Crippen molar-refractivity contribution in [3.05, 3.63) is 75.9 Å². The molecule has 1 saturated heterocycles. The van der Waals surface area contributed by atoms with E-state index in [1.54, 1.807) is 29.2 Å². The highest BCUT2D eigenvalue weighted by atomic mass is 35.5. The number of benzene rings is 2. The van der Waals surface area contributed by atoms with Crippen molar-refractivity contribution in [1.29, 1.82) is 0 Å². The Bertz CT molecular complexity index is 853. The molecule has 1 aliphatic heterocycles. The third kappa shape index (κ3) is 4.98. The number of halogens is 1. The summed E-state index contributed by atoms with van der Waals surface area (Å²) in [4.78, 5) is 27.5. The molecule has 0 atom stereocenters. The van der Waals surface area contributed by atoms with Crippen LogP contribution in [-0.4, -0.2) is 29.8 Å². The number of amides is 2. The molecule has 1 N–H and O–H groups in total. The van der Waals surface area contributed by atoms with Crippen molar-refractivity contribution in [3.8, 4) is 0 Å². The number of likely N-dealkylation sites (tertiary alicyclic amines) is 1. The Labute approximate surface area is 164 Å². The van der Waals surface area contributed by atoms with Crippen molar-refractivity contribution in [3.63, 3.8) is 0 Å². The van der Waals surface area contributed by atoms with E-state index >= 15 is 0 Å². The summed E-state index contributed by atoms with van der Waals surface area (Å²) in [6.45, 7) is 3.38. The monoisotopic (exact) mass is 382 g/mol. The van der Waals surface area contributed by atoms with E-state index in [4.69, 9.17) is 11.6 Å². The minimum absolute atomic E-state index is 0.171. The molecule has 0 radical (unpaired) electrons. The molecule has 1 aliphatic rings. The number of aryl methyl sites for hydroxylation is 1. The first kappa shape index (κ1) is 19.2. The van der Waals surface area contributed by atoms with E-state index in [0.717, 1.165) is 24.8 Å². The van der Waals surface area contributed by atoms with Crippen molar-refractivity contribution in [1.82, 2.24) is 10.2 Å². The predicted molar refractivity (Wildman–Crippen MR) is 109 cm³/mol. The molecule has 2 aromatic carbocycles. The summed E-state index contributed by atoms with van der Waals surface area (Å²) >= 11 is 6.25. The first-order chi connectivity index (χ1) is 13.0. The molecule has 27 heavy (non-hydrogen) atoms. The topological polar surface area (TPSA) is 49.4 Å². The summed E-state index contributed by atoms with van der Waals surface area (Å²) in [6.07, 6.45) is 4.75. The first-order valence-corrected chi connectivity index (χ1v) is 9.56. The zero-order chi connectivity index (χ0) is 19.2. The number of piperidine rings is 1. The molecule has 0 aliphatic carbocycles. The maximum Gasteiger partial charge on any atom is 0.270 e. The average Bonchev–Trinajstić information content (AvgIpc) is 2.69. The van der Waals surface area contributed by atoms with Gasteiger partial charge in [0.2, 0.25) is 0 Å². The van der Waals surface area contributed by atoms with Crippen LogP contribution in [0.1, 0.15) is 40.7 Å². The van der Waals surface area contributed by atoms with Gasteiger partial charge in [0.05, 0.1) is 0 Å². The van der Waals surface area contributed by atoms with Gasteiger partial charge in [0, 0.05) is 23.7 Å². The number of carbonyl (C=O) groups excluding carboxylic acids is 2. The Morgan fingerprint density at radius 2 is 1.67 bits per heavy atom. The lowest BCUT2D eigenvalue weighted by atomic mass is 10.1. The van der Waals surface area contributed by atoms with Crippen LogP contribution in [0.5, 0.6) is 0 Å². The summed E-state index contributed by atoms with van der Waals surface area (Å²) in [6, 6.07) is 14.5. The number of carbonyl (C=O) groups is 2. The van der Waals surface area contributed by atoms with Gasteiger partial charge in [0.15, 0.2) is 0 Å². The van der Waals surface area contributed by atoms with Gasteiger partial charge < -0.3 is 10.2 Å². The molecular weight excluding hydrogens is 360 g/mol. The molecule has 0 bridgehead atoms. The zero-order valence-corrected chi connectivity index (χ0v) is 16.1. The quantitative estimate of drug-likeness (QED) is 0.795. The van der Waals surface area contributed by atoms with E-state index in [1.165, 1.54) is 0 Å². The van der Waals surface area contributed by atoms with E-state index in [-0.39, 0.29) is 17.5 Å². The normalized spacial score (nSPS) is 14.7. The second-order valence-corrected chi connectivity index (χ2v) is 7.16. The average molecular weight is 383 g/mol. The van der Waals surface area contributed by atoms with Crippen LogP contribution in [0.3, 0.4) is 0 Å². The van der Waals surface area contributed by atoms with Crippen LogP contribution >= 0.6 is 11.6 Å². The van der Waals surface area contributed by atoms with Crippen LogP contribution in [0.4, 0.5) is 0 Å². The molecule has 0 saturated carbocycles. The highest BCUT2D eigenvalue weighted by Crippen LogP contribution is 2.20. The van der Waals surface area contributed by atoms with Gasteiger partial charge in [-0.2, -0.15) is 0 Å². The first-order valence-electron chi connectivity index (χ1n) is 9.18. The van der Waals surface area contributed by atoms with E-state index in [2.05, 4.69) is 5.32 Å². The molecule has 0 unspecified atom stereocenters. The molecule has 5 heteroatoms. The summed E-state index contributed by atoms with van der Waals surface area (Å²) < 4.78 is 0. The Morgan fingerprint density at radius 3 is 2.33 bits per heavy atom. The second kappa shape index (κ2) is 8.87. The summed E-state index contributed by atoms with van der Waals surface area (Å²) in [7, 11) is 0. The van der Waals surface area contributed by atoms with Crippen LogP contribution in [0, 0.1) is 6.92 Å². The van der Waals surface area contributed by atoms with E-state index in [0.29, 0.717) is 29.2 Å². The van der Waals surface area contributed by atoms with Gasteiger partial charge >= 0.3 is 0 Å². The molecule has 1 heterocycles. The van der Waals surface area contributed by atoms with E-state index < -0.39 is 0 Å². The summed E-state index contributed by atoms with van der Waals surface area (Å²) in [5, 5.41) is 3.33. The molecule has 3 rings (SSSR count). The maximum atomic E-state index is 13.0. The minimum atomic E-state index is -0.307. The summed E-state index contributed by atoms with van der Waals surface area (Å²) in [5.41, 5.74) is 2.53. The number of nitrogens with one attached hydrogen (secondary N) is 1. The van der Waals surface area contributed by atoms with Gasteiger partial charge in [-0.1, -0.05) is 47.5 Å². The number of hydrogen-bond donors (Lipinski definition) is 1.